The van der Waals surface area contributed by atoms with Crippen LogP contribution in [0.3, 0.4) is 0 Å². The van der Waals surface area contributed by atoms with E-state index in [2.05, 4.69) is 59.9 Å². The van der Waals surface area contributed by atoms with Gasteiger partial charge in [-0.2, -0.15) is 0 Å². The molecule has 0 aromatic rings. The monoisotopic (exact) mass is 557 g/mol. The third kappa shape index (κ3) is 4.16. The van der Waals surface area contributed by atoms with Gasteiger partial charge in [-0.1, -0.05) is 60.1 Å². The van der Waals surface area contributed by atoms with Gasteiger partial charge < -0.3 is 20.6 Å². The molecule has 6 heteroatoms. The van der Waals surface area contributed by atoms with Crippen molar-refractivity contribution >= 4 is 11.9 Å². The second-order valence-electron chi connectivity index (χ2n) is 16.7. The van der Waals surface area contributed by atoms with Crippen LogP contribution in [-0.4, -0.2) is 45.9 Å². The molecule has 0 aliphatic heterocycles. The summed E-state index contributed by atoms with van der Waals surface area (Å²) >= 11 is 0. The Hall–Kier alpha value is -1.40. The van der Waals surface area contributed by atoms with Gasteiger partial charge in [0.25, 0.3) is 0 Å². The van der Waals surface area contributed by atoms with Gasteiger partial charge in [-0.05, 0) is 109 Å². The Morgan fingerprint density at radius 3 is 2.27 bits per heavy atom. The summed E-state index contributed by atoms with van der Waals surface area (Å²) in [6.07, 6.45) is 10.3. The van der Waals surface area contributed by atoms with Crippen LogP contribution in [0, 0.1) is 50.2 Å². The Morgan fingerprint density at radius 2 is 1.60 bits per heavy atom. The predicted octanol–water partition coefficient (Wildman–Crippen LogP) is 6.10. The lowest BCUT2D eigenvalue weighted by Gasteiger charge is -2.71. The van der Waals surface area contributed by atoms with Crippen LogP contribution in [0.1, 0.15) is 119 Å². The van der Waals surface area contributed by atoms with Gasteiger partial charge in [-0.25, -0.2) is 0 Å². The van der Waals surface area contributed by atoms with Crippen molar-refractivity contribution in [3.63, 3.8) is 0 Å². The minimum Gasteiger partial charge on any atom is -0.481 e. The van der Waals surface area contributed by atoms with E-state index in [1.165, 1.54) is 5.57 Å². The van der Waals surface area contributed by atoms with Gasteiger partial charge in [-0.15, -0.1) is 0 Å². The molecule has 0 heterocycles. The summed E-state index contributed by atoms with van der Waals surface area (Å²) in [4.78, 5) is 25.0. The highest BCUT2D eigenvalue weighted by Gasteiger charge is 2.69. The molecule has 0 spiro atoms. The summed E-state index contributed by atoms with van der Waals surface area (Å²) < 4.78 is 0. The van der Waals surface area contributed by atoms with Gasteiger partial charge in [0, 0.05) is 13.0 Å². The zero-order valence-electron chi connectivity index (χ0n) is 26.1. The van der Waals surface area contributed by atoms with Gasteiger partial charge in [-0.3, -0.25) is 9.59 Å². The minimum absolute atomic E-state index is 0.0137. The lowest BCUT2D eigenvalue weighted by molar-refractivity contribution is -0.231. The fourth-order valence-electron chi connectivity index (χ4n) is 11.4. The summed E-state index contributed by atoms with van der Waals surface area (Å²) in [5.41, 5.74) is 0.928. The average Bonchev–Trinajstić information content (AvgIpc) is 2.85. The Bertz CT molecular complexity index is 1080. The van der Waals surface area contributed by atoms with E-state index in [9.17, 15) is 19.8 Å². The first-order valence-corrected chi connectivity index (χ1v) is 16.0. The second kappa shape index (κ2) is 9.56. The fraction of sp³-hybridized carbons (Fsp3) is 0.882. The van der Waals surface area contributed by atoms with E-state index >= 15 is 0 Å². The van der Waals surface area contributed by atoms with Crippen molar-refractivity contribution in [1.82, 2.24) is 5.32 Å². The summed E-state index contributed by atoms with van der Waals surface area (Å²) in [7, 11) is 0. The highest BCUT2D eigenvalue weighted by Crippen LogP contribution is 2.75. The summed E-state index contributed by atoms with van der Waals surface area (Å²) in [5.74, 6) is 0.300. The van der Waals surface area contributed by atoms with Crippen LogP contribution in [0.2, 0.25) is 0 Å². The molecule has 5 aliphatic rings. The molecule has 5 aliphatic carbocycles. The number of rotatable bonds is 5. The highest BCUT2D eigenvalue weighted by molar-refractivity contribution is 5.84. The number of carbonyl (C=O) groups excluding carboxylic acids is 1. The zero-order chi connectivity index (χ0) is 29.5. The van der Waals surface area contributed by atoms with E-state index in [0.29, 0.717) is 31.2 Å². The summed E-state index contributed by atoms with van der Waals surface area (Å²) in [6, 6.07) is 0. The molecule has 1 amide bonds. The number of aliphatic carboxylic acids is 1. The quantitative estimate of drug-likeness (QED) is 0.241. The van der Waals surface area contributed by atoms with Crippen LogP contribution in [0.25, 0.3) is 0 Å². The van der Waals surface area contributed by atoms with Crippen LogP contribution < -0.4 is 5.32 Å². The van der Waals surface area contributed by atoms with E-state index < -0.39 is 23.6 Å². The van der Waals surface area contributed by atoms with Crippen LogP contribution in [-0.2, 0) is 9.59 Å². The first-order chi connectivity index (χ1) is 18.4. The van der Waals surface area contributed by atoms with Gasteiger partial charge in [0.1, 0.15) is 0 Å². The Labute approximate surface area is 241 Å². The predicted molar refractivity (Wildman–Crippen MR) is 156 cm³/mol. The molecule has 226 valence electrons. The molecule has 6 nitrogen and oxygen atoms in total. The number of allylic oxidation sites excluding steroid dienone is 2. The van der Waals surface area contributed by atoms with Crippen molar-refractivity contribution in [1.29, 1.82) is 0 Å². The number of carboxylic acid groups (broad SMARTS) is 1. The normalized spacial score (nSPS) is 47.0. The SMILES string of the molecule is CC1(C)CC[C@]2(C(=O)NCCCC(=O)O)CC[C@]3(C)C(=CC[C@@H]4[C@@]5(C)C[C@@H](O)[C@H](O)C(C)(C)[C@@H]5CC[C@]43C)[C@@H]2C1. The molecule has 0 aromatic carbocycles. The Balaban J connectivity index is 1.51. The number of aliphatic hydroxyl groups is 2. The molecule has 0 unspecified atom stereocenters. The smallest absolute Gasteiger partial charge is 0.303 e. The molecule has 0 radical (unpaired) electrons. The Morgan fingerprint density at radius 1 is 0.925 bits per heavy atom. The van der Waals surface area contributed by atoms with Crippen molar-refractivity contribution in [2.45, 2.75) is 131 Å². The first-order valence-electron chi connectivity index (χ1n) is 16.0. The number of fused-ring (bicyclic) bond motifs is 7. The van der Waals surface area contributed by atoms with E-state index in [1.54, 1.807) is 0 Å². The van der Waals surface area contributed by atoms with Crippen molar-refractivity contribution in [3.8, 4) is 0 Å². The minimum atomic E-state index is -0.819. The van der Waals surface area contributed by atoms with E-state index in [4.69, 9.17) is 5.11 Å². The van der Waals surface area contributed by atoms with Crippen molar-refractivity contribution in [2.24, 2.45) is 50.2 Å². The number of hydrogen-bond acceptors (Lipinski definition) is 4. The van der Waals surface area contributed by atoms with Crippen LogP contribution >= 0.6 is 0 Å². The number of hydrogen-bond donors (Lipinski definition) is 4. The van der Waals surface area contributed by atoms with Crippen LogP contribution in [0.5, 0.6) is 0 Å². The van der Waals surface area contributed by atoms with Crippen LogP contribution in [0.4, 0.5) is 0 Å². The second-order valence-corrected chi connectivity index (χ2v) is 16.7. The number of nitrogens with one attached hydrogen (secondary N) is 1. The first kappa shape index (κ1) is 30.1. The molecular weight excluding hydrogens is 502 g/mol. The molecule has 9 atom stereocenters. The largest absolute Gasteiger partial charge is 0.481 e. The van der Waals surface area contributed by atoms with Crippen molar-refractivity contribution < 1.29 is 24.9 Å². The van der Waals surface area contributed by atoms with Gasteiger partial charge in [0.05, 0.1) is 17.6 Å². The van der Waals surface area contributed by atoms with Crippen LogP contribution in [0.15, 0.2) is 11.6 Å². The van der Waals surface area contributed by atoms with Gasteiger partial charge in [0.2, 0.25) is 5.91 Å². The zero-order valence-corrected chi connectivity index (χ0v) is 26.1. The Kier molecular flexibility index (Phi) is 7.18. The van der Waals surface area contributed by atoms with Crippen molar-refractivity contribution in [3.05, 3.63) is 11.6 Å². The lowest BCUT2D eigenvalue weighted by Crippen LogP contribution is -2.67. The molecule has 0 saturated heterocycles. The van der Waals surface area contributed by atoms with E-state index in [0.717, 1.165) is 51.4 Å². The summed E-state index contributed by atoms with van der Waals surface area (Å²) in [6.45, 7) is 16.9. The maximum atomic E-state index is 14.0. The topological polar surface area (TPSA) is 107 Å². The standard InChI is InChI=1S/C34H55NO5/c1-29(2)14-16-34(28(40)35-18-8-9-26(37)38)17-15-32(6)21(22(34)19-29)10-11-25-31(5)20-23(36)27(39)30(3,4)24(31)12-13-33(25,32)7/h10,22-25,27,36,39H,8-9,11-20H2,1-7H3,(H,35,40)(H,37,38)/t22-,23+,24-,25+,27-,31-,32+,33+,34-/m0/s1. The third-order valence-corrected chi connectivity index (χ3v) is 13.9. The number of aliphatic hydroxyl groups excluding tert-OH is 2. The molecule has 5 rings (SSSR count). The molecule has 40 heavy (non-hydrogen) atoms. The molecule has 4 N–H and O–H groups in total. The lowest BCUT2D eigenvalue weighted by atomic mass is 9.33. The van der Waals surface area contributed by atoms with Gasteiger partial charge in [0.15, 0.2) is 0 Å². The maximum absolute atomic E-state index is 14.0. The van der Waals surface area contributed by atoms with Gasteiger partial charge >= 0.3 is 5.97 Å². The molecule has 0 bridgehead atoms. The highest BCUT2D eigenvalue weighted by atomic mass is 16.4. The van der Waals surface area contributed by atoms with E-state index in [1.807, 2.05) is 0 Å². The number of carboxylic acids is 1. The molecule has 4 fully saturated rings. The maximum Gasteiger partial charge on any atom is 0.303 e. The molecular formula is C34H55NO5. The third-order valence-electron chi connectivity index (χ3n) is 13.9. The molecule has 0 aromatic heterocycles. The fourth-order valence-corrected chi connectivity index (χ4v) is 11.4. The average molecular weight is 558 g/mol. The van der Waals surface area contributed by atoms with E-state index in [-0.39, 0.29) is 45.3 Å². The van der Waals surface area contributed by atoms with Crippen molar-refractivity contribution in [2.75, 3.05) is 6.54 Å². The number of amides is 1. The number of carbonyl (C=O) groups is 2. The molecule has 4 saturated carbocycles. The summed E-state index contributed by atoms with van der Waals surface area (Å²) in [5, 5.41) is 34.3.